The van der Waals surface area contributed by atoms with Gasteiger partial charge in [0.15, 0.2) is 0 Å². The number of rotatable bonds is 4. The molecule has 1 aromatic carbocycles. The molecule has 0 aliphatic carbocycles. The van der Waals surface area contributed by atoms with Crippen molar-refractivity contribution in [2.75, 3.05) is 13.1 Å². The lowest BCUT2D eigenvalue weighted by molar-refractivity contribution is 0.547. The van der Waals surface area contributed by atoms with Crippen LogP contribution in [0.5, 0.6) is 0 Å². The first kappa shape index (κ1) is 11.7. The van der Waals surface area contributed by atoms with Crippen LogP contribution >= 0.6 is 0 Å². The Kier molecular flexibility index (Phi) is 2.65. The molecule has 0 amide bonds. The fourth-order valence-corrected chi connectivity index (χ4v) is 3.17. The van der Waals surface area contributed by atoms with Crippen molar-refractivity contribution < 1.29 is 8.42 Å². The van der Waals surface area contributed by atoms with E-state index in [1.807, 2.05) is 31.2 Å². The van der Waals surface area contributed by atoms with Crippen LogP contribution in [0.2, 0.25) is 0 Å². The van der Waals surface area contributed by atoms with Crippen molar-refractivity contribution >= 4 is 21.1 Å². The SMILES string of the molecule is Cc1[nH]c2ccccc2c1CNS(=O)(=O)N1CC1. The third-order valence-electron chi connectivity index (χ3n) is 3.20. The van der Waals surface area contributed by atoms with Crippen molar-refractivity contribution in [3.63, 3.8) is 0 Å². The van der Waals surface area contributed by atoms with Gasteiger partial charge in [0.25, 0.3) is 10.2 Å². The molecule has 0 unspecified atom stereocenters. The second-order valence-electron chi connectivity index (χ2n) is 4.50. The third-order valence-corrected chi connectivity index (χ3v) is 4.76. The molecule has 2 aromatic rings. The first-order valence-electron chi connectivity index (χ1n) is 5.89. The van der Waals surface area contributed by atoms with Crippen LogP contribution in [-0.4, -0.2) is 30.8 Å². The van der Waals surface area contributed by atoms with Crippen molar-refractivity contribution in [3.8, 4) is 0 Å². The van der Waals surface area contributed by atoms with Gasteiger partial charge in [0.1, 0.15) is 0 Å². The monoisotopic (exact) mass is 265 g/mol. The number of aryl methyl sites for hydroxylation is 1. The summed E-state index contributed by atoms with van der Waals surface area (Å²) in [4.78, 5) is 3.26. The summed E-state index contributed by atoms with van der Waals surface area (Å²) in [6, 6.07) is 7.91. The minimum Gasteiger partial charge on any atom is -0.358 e. The molecule has 0 atom stereocenters. The van der Waals surface area contributed by atoms with E-state index in [0.717, 1.165) is 22.2 Å². The second kappa shape index (κ2) is 4.08. The lowest BCUT2D eigenvalue weighted by Gasteiger charge is -2.06. The van der Waals surface area contributed by atoms with Gasteiger partial charge in [0.2, 0.25) is 0 Å². The van der Waals surface area contributed by atoms with Crippen LogP contribution in [0.15, 0.2) is 24.3 Å². The van der Waals surface area contributed by atoms with Crippen LogP contribution in [-0.2, 0) is 16.8 Å². The zero-order valence-electron chi connectivity index (χ0n) is 10.1. The number of hydrogen-bond acceptors (Lipinski definition) is 2. The van der Waals surface area contributed by atoms with E-state index in [0.29, 0.717) is 19.6 Å². The van der Waals surface area contributed by atoms with Gasteiger partial charge < -0.3 is 4.98 Å². The molecule has 6 heteroatoms. The Morgan fingerprint density at radius 1 is 1.33 bits per heavy atom. The zero-order valence-corrected chi connectivity index (χ0v) is 10.9. The molecule has 1 fully saturated rings. The van der Waals surface area contributed by atoms with Gasteiger partial charge in [0, 0.05) is 36.2 Å². The summed E-state index contributed by atoms with van der Waals surface area (Å²) in [5, 5.41) is 1.07. The van der Waals surface area contributed by atoms with E-state index < -0.39 is 10.2 Å². The lowest BCUT2D eigenvalue weighted by Crippen LogP contribution is -2.29. The average Bonchev–Trinajstić information content (AvgIpc) is 3.12. The molecule has 2 heterocycles. The highest BCUT2D eigenvalue weighted by Crippen LogP contribution is 2.22. The van der Waals surface area contributed by atoms with E-state index in [-0.39, 0.29) is 0 Å². The van der Waals surface area contributed by atoms with E-state index in [1.165, 1.54) is 4.31 Å². The van der Waals surface area contributed by atoms with Gasteiger partial charge in [0.05, 0.1) is 0 Å². The largest absolute Gasteiger partial charge is 0.358 e. The Morgan fingerprint density at radius 2 is 2.06 bits per heavy atom. The van der Waals surface area contributed by atoms with Crippen molar-refractivity contribution in [2.45, 2.75) is 13.5 Å². The molecular formula is C12H15N3O2S. The Balaban J connectivity index is 1.88. The standard InChI is InChI=1S/C12H15N3O2S/c1-9-11(8-13-18(16,17)15-6-7-15)10-4-2-3-5-12(10)14-9/h2-5,13-14H,6-8H2,1H3. The molecule has 3 rings (SSSR count). The number of H-pyrrole nitrogens is 1. The Hall–Kier alpha value is -1.37. The summed E-state index contributed by atoms with van der Waals surface area (Å²) in [7, 11) is -3.28. The summed E-state index contributed by atoms with van der Waals surface area (Å²) in [5.41, 5.74) is 3.05. The molecule has 1 aliphatic heterocycles. The van der Waals surface area contributed by atoms with Crippen molar-refractivity contribution in [3.05, 3.63) is 35.5 Å². The number of para-hydroxylation sites is 1. The van der Waals surface area contributed by atoms with Gasteiger partial charge in [-0.05, 0) is 18.6 Å². The molecule has 0 radical (unpaired) electrons. The zero-order chi connectivity index (χ0) is 12.8. The molecule has 18 heavy (non-hydrogen) atoms. The van der Waals surface area contributed by atoms with Crippen molar-refractivity contribution in [1.29, 1.82) is 0 Å². The number of fused-ring (bicyclic) bond motifs is 1. The van der Waals surface area contributed by atoms with E-state index in [4.69, 9.17) is 0 Å². The third kappa shape index (κ3) is 2.03. The highest BCUT2D eigenvalue weighted by Gasteiger charge is 2.31. The Morgan fingerprint density at radius 3 is 2.78 bits per heavy atom. The van der Waals surface area contributed by atoms with Crippen LogP contribution in [0.1, 0.15) is 11.3 Å². The van der Waals surface area contributed by atoms with Gasteiger partial charge in [-0.2, -0.15) is 17.4 Å². The maximum Gasteiger partial charge on any atom is 0.279 e. The number of aromatic nitrogens is 1. The average molecular weight is 265 g/mol. The summed E-state index contributed by atoms with van der Waals surface area (Å²) in [6.45, 7) is 3.54. The summed E-state index contributed by atoms with van der Waals surface area (Å²) >= 11 is 0. The molecule has 0 bridgehead atoms. The fraction of sp³-hybridized carbons (Fsp3) is 0.333. The van der Waals surface area contributed by atoms with Gasteiger partial charge in [-0.3, -0.25) is 0 Å². The van der Waals surface area contributed by atoms with E-state index >= 15 is 0 Å². The van der Waals surface area contributed by atoms with Crippen molar-refractivity contribution in [1.82, 2.24) is 14.0 Å². The maximum atomic E-state index is 11.7. The van der Waals surface area contributed by atoms with Gasteiger partial charge >= 0.3 is 0 Å². The molecule has 1 aliphatic rings. The van der Waals surface area contributed by atoms with Gasteiger partial charge in [-0.25, -0.2) is 0 Å². The number of benzene rings is 1. The molecule has 2 N–H and O–H groups in total. The molecular weight excluding hydrogens is 250 g/mol. The van der Waals surface area contributed by atoms with E-state index in [1.54, 1.807) is 0 Å². The van der Waals surface area contributed by atoms with Crippen LogP contribution in [0.25, 0.3) is 10.9 Å². The normalized spacial score (nSPS) is 16.3. The number of hydrogen-bond donors (Lipinski definition) is 2. The maximum absolute atomic E-state index is 11.7. The van der Waals surface area contributed by atoms with Crippen molar-refractivity contribution in [2.24, 2.45) is 0 Å². The highest BCUT2D eigenvalue weighted by atomic mass is 32.2. The lowest BCUT2D eigenvalue weighted by atomic mass is 10.1. The summed E-state index contributed by atoms with van der Waals surface area (Å²) < 4.78 is 27.5. The first-order chi connectivity index (χ1) is 8.58. The number of nitrogens with one attached hydrogen (secondary N) is 2. The number of nitrogens with zero attached hydrogens (tertiary/aromatic N) is 1. The molecule has 5 nitrogen and oxygen atoms in total. The minimum atomic E-state index is -3.28. The quantitative estimate of drug-likeness (QED) is 0.814. The van der Waals surface area contributed by atoms with E-state index in [9.17, 15) is 8.42 Å². The molecule has 0 saturated carbocycles. The molecule has 1 aromatic heterocycles. The van der Waals surface area contributed by atoms with Crippen LogP contribution < -0.4 is 4.72 Å². The minimum absolute atomic E-state index is 0.328. The Bertz CT molecular complexity index is 686. The first-order valence-corrected chi connectivity index (χ1v) is 7.33. The van der Waals surface area contributed by atoms with Crippen LogP contribution in [0.4, 0.5) is 0 Å². The molecule has 0 spiro atoms. The smallest absolute Gasteiger partial charge is 0.279 e. The predicted octanol–water partition coefficient (Wildman–Crippen LogP) is 1.13. The molecule has 1 saturated heterocycles. The van der Waals surface area contributed by atoms with Crippen LogP contribution in [0, 0.1) is 6.92 Å². The summed E-state index contributed by atoms with van der Waals surface area (Å²) in [5.74, 6) is 0. The fourth-order valence-electron chi connectivity index (χ4n) is 2.10. The van der Waals surface area contributed by atoms with Gasteiger partial charge in [-0.15, -0.1) is 0 Å². The number of aromatic amines is 1. The topological polar surface area (TPSA) is 65.0 Å². The van der Waals surface area contributed by atoms with Crippen LogP contribution in [0.3, 0.4) is 0 Å². The van der Waals surface area contributed by atoms with E-state index in [2.05, 4.69) is 9.71 Å². The van der Waals surface area contributed by atoms with Gasteiger partial charge in [-0.1, -0.05) is 18.2 Å². The highest BCUT2D eigenvalue weighted by molar-refractivity contribution is 7.87. The Labute approximate surface area is 106 Å². The molecule has 96 valence electrons. The summed E-state index contributed by atoms with van der Waals surface area (Å²) in [6.07, 6.45) is 0. The predicted molar refractivity (Wildman–Crippen MR) is 70.4 cm³/mol. The second-order valence-corrected chi connectivity index (χ2v) is 6.25.